The van der Waals surface area contributed by atoms with Crippen LogP contribution < -0.4 is 0 Å². The second-order valence-electron chi connectivity index (χ2n) is 10.7. The lowest BCUT2D eigenvalue weighted by Gasteiger charge is -2.34. The number of ether oxygens (including phenoxy) is 1. The molecule has 7 heteroatoms. The number of nitrogens with zero attached hydrogens (tertiary/aromatic N) is 2. The zero-order chi connectivity index (χ0) is 28.4. The standard InChI is InChI=1S/C32H48N2O5/c1-3-5-7-9-11-13-21-27-31(33(35)36,29-23-17-15-18-24-29)39-32(34(37)38,30-25-19-16-20-26-30)28-22-14-12-10-8-6-4-2/h15-20,23-26H,3-14,21-22,27-28H2,1-2H3. The molecule has 0 amide bonds. The number of benzene rings is 2. The first kappa shape index (κ1) is 32.4. The van der Waals surface area contributed by atoms with E-state index in [1.165, 1.54) is 12.8 Å². The van der Waals surface area contributed by atoms with Crippen LogP contribution in [0.5, 0.6) is 0 Å². The van der Waals surface area contributed by atoms with Gasteiger partial charge < -0.3 is 0 Å². The zero-order valence-corrected chi connectivity index (χ0v) is 24.0. The Bertz CT molecular complexity index is 878. The Kier molecular flexibility index (Phi) is 14.7. The van der Waals surface area contributed by atoms with Crippen LogP contribution in [0.25, 0.3) is 0 Å². The van der Waals surface area contributed by atoms with Gasteiger partial charge in [0.2, 0.25) is 0 Å². The molecule has 7 nitrogen and oxygen atoms in total. The highest BCUT2D eigenvalue weighted by atomic mass is 16.7. The fourth-order valence-electron chi connectivity index (χ4n) is 5.30. The fourth-order valence-corrected chi connectivity index (χ4v) is 5.30. The Morgan fingerprint density at radius 3 is 1.15 bits per heavy atom. The molecule has 2 aromatic carbocycles. The average molecular weight is 541 g/mol. The highest BCUT2D eigenvalue weighted by molar-refractivity contribution is 5.23. The van der Waals surface area contributed by atoms with Crippen LogP contribution in [0.2, 0.25) is 0 Å². The quantitative estimate of drug-likeness (QED) is 0.0641. The molecule has 0 saturated heterocycles. The zero-order valence-electron chi connectivity index (χ0n) is 24.0. The first-order valence-corrected chi connectivity index (χ1v) is 15.0. The van der Waals surface area contributed by atoms with E-state index in [1.807, 2.05) is 0 Å². The van der Waals surface area contributed by atoms with Crippen molar-refractivity contribution in [1.82, 2.24) is 0 Å². The predicted octanol–water partition coefficient (Wildman–Crippen LogP) is 9.54. The molecule has 0 saturated carbocycles. The number of hydrogen-bond donors (Lipinski definition) is 0. The van der Waals surface area contributed by atoms with Gasteiger partial charge in [-0.3, -0.25) is 20.2 Å². The molecule has 0 spiro atoms. The minimum Gasteiger partial charge on any atom is -0.261 e. The minimum absolute atomic E-state index is 0.0806. The van der Waals surface area contributed by atoms with Crippen molar-refractivity contribution < 1.29 is 14.6 Å². The summed E-state index contributed by atoms with van der Waals surface area (Å²) in [5.41, 5.74) is -3.34. The average Bonchev–Trinajstić information content (AvgIpc) is 2.95. The topological polar surface area (TPSA) is 95.5 Å². The molecule has 2 aromatic rings. The third kappa shape index (κ3) is 9.71. The van der Waals surface area contributed by atoms with Gasteiger partial charge in [-0.25, -0.2) is 4.74 Å². The molecule has 0 aliphatic heterocycles. The maximum absolute atomic E-state index is 12.9. The Morgan fingerprint density at radius 2 is 0.846 bits per heavy atom. The monoisotopic (exact) mass is 540 g/mol. The molecule has 2 rings (SSSR count). The van der Waals surface area contributed by atoms with Crippen LogP contribution >= 0.6 is 0 Å². The normalized spacial score (nSPS) is 14.4. The molecule has 0 radical (unpaired) electrons. The van der Waals surface area contributed by atoms with Gasteiger partial charge in [0, 0.05) is 0 Å². The molecule has 216 valence electrons. The molecule has 2 unspecified atom stereocenters. The van der Waals surface area contributed by atoms with Crippen LogP contribution in [-0.2, 0) is 16.2 Å². The van der Waals surface area contributed by atoms with Crippen molar-refractivity contribution in [1.29, 1.82) is 0 Å². The summed E-state index contributed by atoms with van der Waals surface area (Å²) >= 11 is 0. The third-order valence-electron chi connectivity index (χ3n) is 7.62. The van der Waals surface area contributed by atoms with E-state index >= 15 is 0 Å². The molecule has 0 aliphatic carbocycles. The smallest absolute Gasteiger partial charge is 0.261 e. The summed E-state index contributed by atoms with van der Waals surface area (Å²) in [6.07, 6.45) is 14.1. The van der Waals surface area contributed by atoms with Gasteiger partial charge in [0.25, 0.3) is 0 Å². The third-order valence-corrected chi connectivity index (χ3v) is 7.62. The second kappa shape index (κ2) is 17.7. The van der Waals surface area contributed by atoms with Crippen molar-refractivity contribution in [2.24, 2.45) is 0 Å². The summed E-state index contributed by atoms with van der Waals surface area (Å²) < 4.78 is 6.41. The summed E-state index contributed by atoms with van der Waals surface area (Å²) in [4.78, 5) is 24.9. The molecule has 0 N–H and O–H groups in total. The Balaban J connectivity index is 2.38. The predicted molar refractivity (Wildman–Crippen MR) is 157 cm³/mol. The Labute approximate surface area is 234 Å². The molecule has 39 heavy (non-hydrogen) atoms. The lowest BCUT2D eigenvalue weighted by Crippen LogP contribution is -2.50. The van der Waals surface area contributed by atoms with Gasteiger partial charge in [-0.05, 0) is 37.1 Å². The lowest BCUT2D eigenvalue weighted by atomic mass is 9.91. The van der Waals surface area contributed by atoms with Crippen LogP contribution in [0.3, 0.4) is 0 Å². The van der Waals surface area contributed by atoms with Crippen LogP contribution in [0.15, 0.2) is 60.7 Å². The molecular weight excluding hydrogens is 492 g/mol. The van der Waals surface area contributed by atoms with Crippen LogP contribution in [0.1, 0.15) is 128 Å². The van der Waals surface area contributed by atoms with E-state index < -0.39 is 21.3 Å². The van der Waals surface area contributed by atoms with Crippen molar-refractivity contribution >= 4 is 0 Å². The second-order valence-corrected chi connectivity index (χ2v) is 10.7. The summed E-state index contributed by atoms with van der Waals surface area (Å²) in [7, 11) is 0. The van der Waals surface area contributed by atoms with E-state index in [2.05, 4.69) is 13.8 Å². The van der Waals surface area contributed by atoms with E-state index in [4.69, 9.17) is 4.74 Å². The highest BCUT2D eigenvalue weighted by Crippen LogP contribution is 2.43. The number of rotatable bonds is 22. The molecule has 0 bridgehead atoms. The van der Waals surface area contributed by atoms with Crippen LogP contribution in [0.4, 0.5) is 0 Å². The van der Waals surface area contributed by atoms with Crippen molar-refractivity contribution in [3.8, 4) is 0 Å². The van der Waals surface area contributed by atoms with Crippen molar-refractivity contribution in [2.45, 2.75) is 128 Å². The molecule has 0 fully saturated rings. The summed E-state index contributed by atoms with van der Waals surface area (Å²) in [5.74, 6) is 0. The molecule has 2 atom stereocenters. The molecule has 0 aromatic heterocycles. The molecular formula is C32H48N2O5. The maximum Gasteiger partial charge on any atom is 0.356 e. The van der Waals surface area contributed by atoms with Crippen LogP contribution in [0, 0.1) is 20.2 Å². The van der Waals surface area contributed by atoms with E-state index in [0.717, 1.165) is 64.2 Å². The van der Waals surface area contributed by atoms with Crippen LogP contribution in [-0.4, -0.2) is 9.85 Å². The van der Waals surface area contributed by atoms with E-state index in [1.54, 1.807) is 60.7 Å². The highest BCUT2D eigenvalue weighted by Gasteiger charge is 2.59. The largest absolute Gasteiger partial charge is 0.356 e. The van der Waals surface area contributed by atoms with E-state index in [0.29, 0.717) is 24.0 Å². The lowest BCUT2D eigenvalue weighted by molar-refractivity contribution is -0.729. The summed E-state index contributed by atoms with van der Waals surface area (Å²) in [6, 6.07) is 17.1. The number of nitro groups is 2. The van der Waals surface area contributed by atoms with Gasteiger partial charge in [-0.2, -0.15) is 0 Å². The number of unbranched alkanes of at least 4 members (excludes halogenated alkanes) is 12. The first-order chi connectivity index (χ1) is 18.9. The Hall–Kier alpha value is -2.80. The van der Waals surface area contributed by atoms with E-state index in [-0.39, 0.29) is 12.8 Å². The van der Waals surface area contributed by atoms with Gasteiger partial charge in [0.05, 0.1) is 33.8 Å². The van der Waals surface area contributed by atoms with Gasteiger partial charge in [-0.15, -0.1) is 0 Å². The van der Waals surface area contributed by atoms with Gasteiger partial charge >= 0.3 is 11.4 Å². The van der Waals surface area contributed by atoms with Crippen molar-refractivity contribution in [3.05, 3.63) is 92.0 Å². The Morgan fingerprint density at radius 1 is 0.538 bits per heavy atom. The minimum atomic E-state index is -2.02. The maximum atomic E-state index is 12.9. The molecule has 0 heterocycles. The summed E-state index contributed by atoms with van der Waals surface area (Å²) in [5, 5.41) is 25.8. The fraction of sp³-hybridized carbons (Fsp3) is 0.625. The van der Waals surface area contributed by atoms with Gasteiger partial charge in [-0.1, -0.05) is 127 Å². The summed E-state index contributed by atoms with van der Waals surface area (Å²) in [6.45, 7) is 4.34. The molecule has 0 aliphatic rings. The van der Waals surface area contributed by atoms with Crippen molar-refractivity contribution in [3.63, 3.8) is 0 Å². The van der Waals surface area contributed by atoms with Gasteiger partial charge in [0.15, 0.2) is 0 Å². The SMILES string of the molecule is CCCCCCCCCC(OC(CCCCCCCCC)(c1ccccc1)[N+](=O)[O-])(c1ccccc1)[N+](=O)[O-]. The first-order valence-electron chi connectivity index (χ1n) is 15.0. The van der Waals surface area contributed by atoms with Gasteiger partial charge in [0.1, 0.15) is 0 Å². The van der Waals surface area contributed by atoms with E-state index in [9.17, 15) is 20.2 Å². The number of hydrogen-bond acceptors (Lipinski definition) is 5. The van der Waals surface area contributed by atoms with Crippen molar-refractivity contribution in [2.75, 3.05) is 0 Å².